The third kappa shape index (κ3) is 4.81. The molecule has 0 aliphatic carbocycles. The monoisotopic (exact) mass is 233 g/mol. The lowest BCUT2D eigenvalue weighted by Crippen LogP contribution is -2.41. The van der Waals surface area contributed by atoms with Gasteiger partial charge in [0.1, 0.15) is 0 Å². The standard InChI is InChI=1S/C14H19NO2/c1-10-5-7-11(8-6-10)12(16)9-13(17)15-14(2,3)4/h5-8H,9H2,1-4H3,(H,15,17). The third-order valence-electron chi connectivity index (χ3n) is 2.21. The van der Waals surface area contributed by atoms with Crippen LogP contribution in [0.4, 0.5) is 0 Å². The largest absolute Gasteiger partial charge is 0.351 e. The lowest BCUT2D eigenvalue weighted by molar-refractivity contribution is -0.121. The van der Waals surface area contributed by atoms with Crippen LogP contribution in [0.3, 0.4) is 0 Å². The number of Topliss-reactive ketones (excluding diaryl/α,β-unsaturated/α-hetero) is 1. The fourth-order valence-electron chi connectivity index (χ4n) is 1.45. The second-order valence-corrected chi connectivity index (χ2v) is 5.26. The minimum Gasteiger partial charge on any atom is -0.351 e. The summed E-state index contributed by atoms with van der Waals surface area (Å²) in [5, 5.41) is 2.77. The van der Waals surface area contributed by atoms with Gasteiger partial charge in [-0.3, -0.25) is 9.59 Å². The summed E-state index contributed by atoms with van der Waals surface area (Å²) in [6, 6.07) is 7.24. The maximum Gasteiger partial charge on any atom is 0.228 e. The van der Waals surface area contributed by atoms with Crippen LogP contribution >= 0.6 is 0 Å². The number of benzene rings is 1. The van der Waals surface area contributed by atoms with Gasteiger partial charge in [0, 0.05) is 11.1 Å². The van der Waals surface area contributed by atoms with E-state index in [2.05, 4.69) is 5.32 Å². The van der Waals surface area contributed by atoms with E-state index in [1.165, 1.54) is 0 Å². The van der Waals surface area contributed by atoms with Gasteiger partial charge in [0.25, 0.3) is 0 Å². The molecule has 0 unspecified atom stereocenters. The molecule has 3 heteroatoms. The minimum absolute atomic E-state index is 0.0969. The summed E-state index contributed by atoms with van der Waals surface area (Å²) in [4.78, 5) is 23.4. The lowest BCUT2D eigenvalue weighted by Gasteiger charge is -2.20. The van der Waals surface area contributed by atoms with Crippen molar-refractivity contribution in [2.45, 2.75) is 39.7 Å². The molecule has 1 N–H and O–H groups in total. The van der Waals surface area contributed by atoms with Gasteiger partial charge in [-0.15, -0.1) is 0 Å². The zero-order chi connectivity index (χ0) is 13.1. The average Bonchev–Trinajstić information content (AvgIpc) is 2.15. The first-order valence-corrected chi connectivity index (χ1v) is 5.69. The zero-order valence-electron chi connectivity index (χ0n) is 10.8. The Kier molecular flexibility index (Phi) is 4.05. The number of ketones is 1. The number of aryl methyl sites for hydroxylation is 1. The zero-order valence-corrected chi connectivity index (χ0v) is 10.8. The third-order valence-corrected chi connectivity index (χ3v) is 2.21. The number of hydrogen-bond acceptors (Lipinski definition) is 2. The molecule has 1 aromatic rings. The Balaban J connectivity index is 2.61. The Labute approximate surface area is 102 Å². The average molecular weight is 233 g/mol. The smallest absolute Gasteiger partial charge is 0.228 e. The highest BCUT2D eigenvalue weighted by atomic mass is 16.2. The van der Waals surface area contributed by atoms with Crippen molar-refractivity contribution in [1.82, 2.24) is 5.32 Å². The van der Waals surface area contributed by atoms with Gasteiger partial charge in [-0.2, -0.15) is 0 Å². The van der Waals surface area contributed by atoms with Gasteiger partial charge in [0.05, 0.1) is 6.42 Å². The predicted molar refractivity (Wildman–Crippen MR) is 68.0 cm³/mol. The molecule has 0 aliphatic heterocycles. The summed E-state index contributed by atoms with van der Waals surface area (Å²) in [5.74, 6) is -0.380. The summed E-state index contributed by atoms with van der Waals surface area (Å²) in [5.41, 5.74) is 1.38. The molecule has 0 aliphatic rings. The van der Waals surface area contributed by atoms with Crippen molar-refractivity contribution in [2.75, 3.05) is 0 Å². The van der Waals surface area contributed by atoms with E-state index in [0.29, 0.717) is 5.56 Å². The highest BCUT2D eigenvalue weighted by molar-refractivity contribution is 6.07. The van der Waals surface area contributed by atoms with Gasteiger partial charge >= 0.3 is 0 Å². The lowest BCUT2D eigenvalue weighted by atomic mass is 10.0. The minimum atomic E-state index is -0.301. The summed E-state index contributed by atoms with van der Waals surface area (Å²) >= 11 is 0. The highest BCUT2D eigenvalue weighted by Gasteiger charge is 2.17. The fourth-order valence-corrected chi connectivity index (χ4v) is 1.45. The molecular weight excluding hydrogens is 214 g/mol. The predicted octanol–water partition coefficient (Wildman–Crippen LogP) is 2.48. The van der Waals surface area contributed by atoms with Crippen LogP contribution in [0.2, 0.25) is 0 Å². The number of rotatable bonds is 3. The Morgan fingerprint density at radius 1 is 1.12 bits per heavy atom. The van der Waals surface area contributed by atoms with Gasteiger partial charge in [-0.25, -0.2) is 0 Å². The van der Waals surface area contributed by atoms with Crippen LogP contribution in [0.25, 0.3) is 0 Å². The summed E-state index contributed by atoms with van der Waals surface area (Å²) < 4.78 is 0. The van der Waals surface area contributed by atoms with E-state index in [1.807, 2.05) is 39.8 Å². The van der Waals surface area contributed by atoms with Gasteiger partial charge < -0.3 is 5.32 Å². The summed E-state index contributed by atoms with van der Waals surface area (Å²) in [6.45, 7) is 7.63. The first kappa shape index (κ1) is 13.4. The van der Waals surface area contributed by atoms with E-state index < -0.39 is 0 Å². The van der Waals surface area contributed by atoms with Gasteiger partial charge in [0.2, 0.25) is 5.91 Å². The molecule has 0 radical (unpaired) electrons. The quantitative estimate of drug-likeness (QED) is 0.644. The molecule has 0 bridgehead atoms. The molecule has 3 nitrogen and oxygen atoms in total. The topological polar surface area (TPSA) is 46.2 Å². The summed E-state index contributed by atoms with van der Waals surface area (Å²) in [6.07, 6.45) is -0.0969. The van der Waals surface area contributed by atoms with E-state index in [1.54, 1.807) is 12.1 Å². The van der Waals surface area contributed by atoms with Crippen LogP contribution in [0.15, 0.2) is 24.3 Å². The maximum absolute atomic E-state index is 11.8. The Bertz CT molecular complexity index is 413. The Morgan fingerprint density at radius 3 is 2.12 bits per heavy atom. The maximum atomic E-state index is 11.8. The first-order valence-electron chi connectivity index (χ1n) is 5.69. The Morgan fingerprint density at radius 2 is 1.65 bits per heavy atom. The molecule has 0 aromatic heterocycles. The van der Waals surface area contributed by atoms with Crippen LogP contribution in [-0.2, 0) is 4.79 Å². The second-order valence-electron chi connectivity index (χ2n) is 5.26. The van der Waals surface area contributed by atoms with Crippen LogP contribution in [-0.4, -0.2) is 17.2 Å². The van der Waals surface area contributed by atoms with E-state index in [0.717, 1.165) is 5.56 Å². The highest BCUT2D eigenvalue weighted by Crippen LogP contribution is 2.07. The molecule has 1 amide bonds. The molecule has 1 rings (SSSR count). The van der Waals surface area contributed by atoms with Crippen LogP contribution < -0.4 is 5.32 Å². The van der Waals surface area contributed by atoms with E-state index in [4.69, 9.17) is 0 Å². The molecule has 0 spiro atoms. The number of nitrogens with one attached hydrogen (secondary N) is 1. The molecule has 0 atom stereocenters. The van der Waals surface area contributed by atoms with Crippen molar-refractivity contribution >= 4 is 11.7 Å². The van der Waals surface area contributed by atoms with E-state index in [-0.39, 0.29) is 23.7 Å². The molecular formula is C14H19NO2. The number of carbonyl (C=O) groups excluding carboxylic acids is 2. The number of amides is 1. The fraction of sp³-hybridized carbons (Fsp3) is 0.429. The molecule has 0 heterocycles. The van der Waals surface area contributed by atoms with Gasteiger partial charge in [-0.05, 0) is 27.7 Å². The van der Waals surface area contributed by atoms with Crippen molar-refractivity contribution in [2.24, 2.45) is 0 Å². The van der Waals surface area contributed by atoms with Crippen molar-refractivity contribution in [3.8, 4) is 0 Å². The van der Waals surface area contributed by atoms with Crippen molar-refractivity contribution in [3.63, 3.8) is 0 Å². The molecule has 1 aromatic carbocycles. The van der Waals surface area contributed by atoms with Crippen molar-refractivity contribution in [1.29, 1.82) is 0 Å². The Hall–Kier alpha value is -1.64. The first-order chi connectivity index (χ1) is 7.78. The van der Waals surface area contributed by atoms with Crippen LogP contribution in [0.5, 0.6) is 0 Å². The van der Waals surface area contributed by atoms with Crippen LogP contribution in [0, 0.1) is 6.92 Å². The van der Waals surface area contributed by atoms with Crippen LogP contribution in [0.1, 0.15) is 43.1 Å². The van der Waals surface area contributed by atoms with Gasteiger partial charge in [-0.1, -0.05) is 29.8 Å². The van der Waals surface area contributed by atoms with Crippen molar-refractivity contribution < 1.29 is 9.59 Å². The van der Waals surface area contributed by atoms with Crippen molar-refractivity contribution in [3.05, 3.63) is 35.4 Å². The molecule has 17 heavy (non-hydrogen) atoms. The number of hydrogen-bond donors (Lipinski definition) is 1. The molecule has 0 saturated heterocycles. The SMILES string of the molecule is Cc1ccc(C(=O)CC(=O)NC(C)(C)C)cc1. The molecule has 0 saturated carbocycles. The van der Waals surface area contributed by atoms with E-state index >= 15 is 0 Å². The second kappa shape index (κ2) is 5.13. The van der Waals surface area contributed by atoms with E-state index in [9.17, 15) is 9.59 Å². The number of carbonyl (C=O) groups is 2. The molecule has 92 valence electrons. The molecule has 0 fully saturated rings. The summed E-state index contributed by atoms with van der Waals surface area (Å²) in [7, 11) is 0. The normalized spacial score (nSPS) is 11.1. The van der Waals surface area contributed by atoms with Gasteiger partial charge in [0.15, 0.2) is 5.78 Å².